The molecule has 0 radical (unpaired) electrons. The number of hydrogen-bond acceptors (Lipinski definition) is 4. The van der Waals surface area contributed by atoms with Gasteiger partial charge in [-0.05, 0) is 55.7 Å². The fourth-order valence-electron chi connectivity index (χ4n) is 4.44. The Labute approximate surface area is 183 Å². The molecule has 5 heteroatoms. The maximum Gasteiger partial charge on any atom is 0.340 e. The zero-order valence-corrected chi connectivity index (χ0v) is 18.0. The van der Waals surface area contributed by atoms with Crippen LogP contribution in [0.15, 0.2) is 71.4 Å². The maximum absolute atomic E-state index is 13.4. The van der Waals surface area contributed by atoms with E-state index in [4.69, 9.17) is 9.47 Å². The van der Waals surface area contributed by atoms with E-state index in [0.717, 1.165) is 37.0 Å². The van der Waals surface area contributed by atoms with Crippen LogP contribution >= 0.6 is 0 Å². The normalized spacial score (nSPS) is 18.6. The molecular weight excluding hydrogens is 390 g/mol. The highest BCUT2D eigenvalue weighted by molar-refractivity contribution is 6.16. The molecule has 4 rings (SSSR count). The molecule has 1 fully saturated rings. The van der Waals surface area contributed by atoms with E-state index in [9.17, 15) is 9.59 Å². The molecule has 2 aromatic carbocycles. The first-order valence-electron chi connectivity index (χ1n) is 10.8. The Morgan fingerprint density at radius 1 is 1.00 bits per heavy atom. The highest BCUT2D eigenvalue weighted by Gasteiger charge is 2.40. The molecule has 160 valence electrons. The van der Waals surface area contributed by atoms with Gasteiger partial charge in [0.25, 0.3) is 5.91 Å². The molecule has 0 atom stereocenters. The Hall–Kier alpha value is -3.34. The summed E-state index contributed by atoms with van der Waals surface area (Å²) in [5.41, 5.74) is 2.21. The molecule has 1 aliphatic carbocycles. The molecule has 1 amide bonds. The average molecular weight is 418 g/mol. The molecule has 2 aromatic rings. The molecule has 0 spiro atoms. The zero-order valence-electron chi connectivity index (χ0n) is 18.0. The molecular formula is C26H27NO4. The van der Waals surface area contributed by atoms with Gasteiger partial charge in [0.2, 0.25) is 0 Å². The van der Waals surface area contributed by atoms with Gasteiger partial charge in [-0.25, -0.2) is 4.79 Å². The van der Waals surface area contributed by atoms with Crippen LogP contribution in [-0.4, -0.2) is 29.9 Å². The Bertz CT molecular complexity index is 1030. The number of nitrogens with zero attached hydrogens (tertiary/aromatic N) is 1. The van der Waals surface area contributed by atoms with Crippen molar-refractivity contribution < 1.29 is 19.1 Å². The Morgan fingerprint density at radius 2 is 1.71 bits per heavy atom. The van der Waals surface area contributed by atoms with E-state index < -0.39 is 5.97 Å². The first-order chi connectivity index (χ1) is 15.1. The van der Waals surface area contributed by atoms with Crippen LogP contribution in [0.3, 0.4) is 0 Å². The summed E-state index contributed by atoms with van der Waals surface area (Å²) < 4.78 is 10.9. The molecule has 0 saturated heterocycles. The second-order valence-electron chi connectivity index (χ2n) is 7.96. The number of methoxy groups -OCH3 is 1. The number of allylic oxidation sites excluding steroid dienone is 1. The van der Waals surface area contributed by atoms with Gasteiger partial charge in [-0.3, -0.25) is 4.79 Å². The lowest BCUT2D eigenvalue weighted by Gasteiger charge is -2.32. The van der Waals surface area contributed by atoms with Crippen molar-refractivity contribution in [3.63, 3.8) is 0 Å². The number of esters is 1. The summed E-state index contributed by atoms with van der Waals surface area (Å²) in [5, 5.41) is 0. The monoisotopic (exact) mass is 417 g/mol. The minimum Gasteiger partial charge on any atom is -0.465 e. The van der Waals surface area contributed by atoms with E-state index in [0.29, 0.717) is 22.6 Å². The molecule has 0 unspecified atom stereocenters. The number of carbonyl (C=O) groups is 2. The number of amides is 1. The van der Waals surface area contributed by atoms with E-state index in [1.165, 1.54) is 13.5 Å². The van der Waals surface area contributed by atoms with Crippen LogP contribution < -0.4 is 4.74 Å². The summed E-state index contributed by atoms with van der Waals surface area (Å²) in [5.74, 6) is 0.792. The zero-order chi connectivity index (χ0) is 21.8. The van der Waals surface area contributed by atoms with Crippen molar-refractivity contribution in [3.05, 3.63) is 77.0 Å². The van der Waals surface area contributed by atoms with Crippen molar-refractivity contribution in [1.29, 1.82) is 0 Å². The second-order valence-corrected chi connectivity index (χ2v) is 7.96. The fraction of sp³-hybridized carbons (Fsp3) is 0.308. The predicted molar refractivity (Wildman–Crippen MR) is 119 cm³/mol. The van der Waals surface area contributed by atoms with Crippen LogP contribution in [0.5, 0.6) is 11.5 Å². The standard InChI is InChI=1S/C26H27NO4/c1-18-24(26(29)30-2)23(25(28)27(18)20-11-5-3-6-12-20)17-19-10-9-15-22(16-19)31-21-13-7-4-8-14-21/h4,7-10,13-17,20H,3,5-6,11-12H2,1-2H3/b23-17-. The topological polar surface area (TPSA) is 55.8 Å². The maximum atomic E-state index is 13.4. The SMILES string of the molecule is COC(=O)C1=C(C)N(C2CCCCC2)C(=O)/C1=C\c1cccc(Oc2ccccc2)c1. The molecule has 5 nitrogen and oxygen atoms in total. The summed E-state index contributed by atoms with van der Waals surface area (Å²) in [6.45, 7) is 1.84. The minimum absolute atomic E-state index is 0.126. The molecule has 1 saturated carbocycles. The van der Waals surface area contributed by atoms with Crippen molar-refractivity contribution in [3.8, 4) is 11.5 Å². The van der Waals surface area contributed by atoms with E-state index >= 15 is 0 Å². The first kappa shape index (κ1) is 20.9. The quantitative estimate of drug-likeness (QED) is 0.477. The van der Waals surface area contributed by atoms with Gasteiger partial charge < -0.3 is 14.4 Å². The Kier molecular flexibility index (Phi) is 6.21. The fourth-order valence-corrected chi connectivity index (χ4v) is 4.44. The van der Waals surface area contributed by atoms with Gasteiger partial charge in [0.1, 0.15) is 11.5 Å². The van der Waals surface area contributed by atoms with Crippen molar-refractivity contribution in [2.24, 2.45) is 0 Å². The van der Waals surface area contributed by atoms with Gasteiger partial charge in [-0.2, -0.15) is 0 Å². The summed E-state index contributed by atoms with van der Waals surface area (Å²) in [4.78, 5) is 27.8. The highest BCUT2D eigenvalue weighted by Crippen LogP contribution is 2.37. The van der Waals surface area contributed by atoms with Crippen LogP contribution in [0.1, 0.15) is 44.6 Å². The van der Waals surface area contributed by atoms with Gasteiger partial charge in [0.05, 0.1) is 18.3 Å². The number of benzene rings is 2. The minimum atomic E-state index is -0.480. The third kappa shape index (κ3) is 4.41. The lowest BCUT2D eigenvalue weighted by atomic mass is 9.94. The van der Waals surface area contributed by atoms with E-state index in [1.54, 1.807) is 6.08 Å². The smallest absolute Gasteiger partial charge is 0.340 e. The number of para-hydroxylation sites is 1. The predicted octanol–water partition coefficient (Wildman–Crippen LogP) is 5.48. The summed E-state index contributed by atoms with van der Waals surface area (Å²) >= 11 is 0. The average Bonchev–Trinajstić information content (AvgIpc) is 3.04. The van der Waals surface area contributed by atoms with Crippen LogP contribution in [0.25, 0.3) is 6.08 Å². The number of rotatable bonds is 5. The molecule has 0 bridgehead atoms. The second kappa shape index (κ2) is 9.21. The molecule has 1 heterocycles. The van der Waals surface area contributed by atoms with Gasteiger partial charge in [-0.15, -0.1) is 0 Å². The van der Waals surface area contributed by atoms with E-state index in [2.05, 4.69) is 0 Å². The number of carbonyl (C=O) groups excluding carboxylic acids is 2. The highest BCUT2D eigenvalue weighted by atomic mass is 16.5. The number of ether oxygens (including phenoxy) is 2. The van der Waals surface area contributed by atoms with Crippen LogP contribution in [0.2, 0.25) is 0 Å². The van der Waals surface area contributed by atoms with Gasteiger partial charge in [0, 0.05) is 11.7 Å². The first-order valence-corrected chi connectivity index (χ1v) is 10.8. The van der Waals surface area contributed by atoms with E-state index in [1.807, 2.05) is 66.4 Å². The van der Waals surface area contributed by atoms with Crippen molar-refractivity contribution >= 4 is 18.0 Å². The summed E-state index contributed by atoms with van der Waals surface area (Å²) in [7, 11) is 1.35. The lowest BCUT2D eigenvalue weighted by molar-refractivity contribution is -0.136. The van der Waals surface area contributed by atoms with Crippen LogP contribution in [0, 0.1) is 0 Å². The third-order valence-electron chi connectivity index (χ3n) is 5.92. The molecule has 2 aliphatic rings. The van der Waals surface area contributed by atoms with Gasteiger partial charge in [-0.1, -0.05) is 49.6 Å². The molecule has 0 N–H and O–H groups in total. The largest absolute Gasteiger partial charge is 0.465 e. The van der Waals surface area contributed by atoms with Crippen LogP contribution in [-0.2, 0) is 14.3 Å². The summed E-state index contributed by atoms with van der Waals surface area (Å²) in [6.07, 6.45) is 7.09. The van der Waals surface area contributed by atoms with Gasteiger partial charge >= 0.3 is 5.97 Å². The molecule has 0 aromatic heterocycles. The Morgan fingerprint density at radius 3 is 2.42 bits per heavy atom. The van der Waals surface area contributed by atoms with E-state index in [-0.39, 0.29) is 11.9 Å². The van der Waals surface area contributed by atoms with Crippen molar-refractivity contribution in [1.82, 2.24) is 4.90 Å². The van der Waals surface area contributed by atoms with Crippen LogP contribution in [0.4, 0.5) is 0 Å². The Balaban J connectivity index is 1.67. The third-order valence-corrected chi connectivity index (χ3v) is 5.92. The lowest BCUT2D eigenvalue weighted by Crippen LogP contribution is -2.37. The molecule has 31 heavy (non-hydrogen) atoms. The summed E-state index contributed by atoms with van der Waals surface area (Å²) in [6, 6.07) is 17.2. The number of hydrogen-bond donors (Lipinski definition) is 0. The van der Waals surface area contributed by atoms with Crippen molar-refractivity contribution in [2.45, 2.75) is 45.1 Å². The molecule has 1 aliphatic heterocycles. The van der Waals surface area contributed by atoms with Gasteiger partial charge in [0.15, 0.2) is 0 Å². The van der Waals surface area contributed by atoms with Crippen molar-refractivity contribution in [2.75, 3.05) is 7.11 Å².